The lowest BCUT2D eigenvalue weighted by Gasteiger charge is -1.97. The van der Waals surface area contributed by atoms with Crippen molar-refractivity contribution >= 4 is 0 Å². The quantitative estimate of drug-likeness (QED) is 0.476. The van der Waals surface area contributed by atoms with Crippen LogP contribution in [0.4, 0.5) is 0 Å². The van der Waals surface area contributed by atoms with Crippen molar-refractivity contribution in [2.45, 2.75) is 33.1 Å². The van der Waals surface area contributed by atoms with Crippen LogP contribution in [0.1, 0.15) is 31.2 Å². The molecular weight excluding hydrogens is 340 g/mol. The number of benzene rings is 2. The average molecular weight is 360 g/mol. The number of unbranched alkanes of at least 4 members (excludes halogenated alkanes) is 1. The standard InChI is InChI=1S/C21H20N4O2/c1-3-4-5-18-22-20(26-24-18)16-10-12-17(13-11-16)21-23-19(25-27-21)15-8-6-14(2)7-9-15/h6-13H,3-5H2,1-2H3. The summed E-state index contributed by atoms with van der Waals surface area (Å²) < 4.78 is 10.8. The van der Waals surface area contributed by atoms with Crippen LogP contribution in [0.3, 0.4) is 0 Å². The fourth-order valence-electron chi connectivity index (χ4n) is 2.72. The van der Waals surface area contributed by atoms with Crippen molar-refractivity contribution in [2.75, 3.05) is 0 Å². The van der Waals surface area contributed by atoms with E-state index in [0.29, 0.717) is 17.6 Å². The van der Waals surface area contributed by atoms with E-state index in [1.54, 1.807) is 0 Å². The normalized spacial score (nSPS) is 11.0. The van der Waals surface area contributed by atoms with Gasteiger partial charge in [-0.1, -0.05) is 53.5 Å². The molecule has 0 aliphatic rings. The summed E-state index contributed by atoms with van der Waals surface area (Å²) in [4.78, 5) is 8.93. The number of nitrogens with zero attached hydrogens (tertiary/aromatic N) is 4. The van der Waals surface area contributed by atoms with Crippen LogP contribution >= 0.6 is 0 Å². The maximum Gasteiger partial charge on any atom is 0.258 e. The lowest BCUT2D eigenvalue weighted by atomic mass is 10.1. The van der Waals surface area contributed by atoms with Crippen molar-refractivity contribution in [3.05, 3.63) is 59.9 Å². The van der Waals surface area contributed by atoms with Crippen molar-refractivity contribution in [1.29, 1.82) is 0 Å². The molecule has 4 rings (SSSR count). The van der Waals surface area contributed by atoms with Crippen LogP contribution in [0.15, 0.2) is 57.6 Å². The lowest BCUT2D eigenvalue weighted by molar-refractivity contribution is 0.421. The van der Waals surface area contributed by atoms with Gasteiger partial charge in [-0.25, -0.2) is 0 Å². The molecule has 0 spiro atoms. The van der Waals surface area contributed by atoms with E-state index in [4.69, 9.17) is 9.05 Å². The van der Waals surface area contributed by atoms with Crippen LogP contribution in [0.2, 0.25) is 0 Å². The van der Waals surface area contributed by atoms with Gasteiger partial charge in [0.2, 0.25) is 5.82 Å². The Kier molecular flexibility index (Phi) is 4.78. The van der Waals surface area contributed by atoms with Gasteiger partial charge in [-0.15, -0.1) is 0 Å². The smallest absolute Gasteiger partial charge is 0.258 e. The maximum atomic E-state index is 5.42. The summed E-state index contributed by atoms with van der Waals surface area (Å²) in [6.07, 6.45) is 2.99. The minimum atomic E-state index is 0.478. The van der Waals surface area contributed by atoms with Crippen molar-refractivity contribution < 1.29 is 9.05 Å². The summed E-state index contributed by atoms with van der Waals surface area (Å²) in [6.45, 7) is 4.19. The van der Waals surface area contributed by atoms with Crippen molar-refractivity contribution in [3.63, 3.8) is 0 Å². The number of hydrogen-bond donors (Lipinski definition) is 0. The van der Waals surface area contributed by atoms with E-state index in [0.717, 1.165) is 41.8 Å². The molecule has 136 valence electrons. The summed E-state index contributed by atoms with van der Waals surface area (Å²) in [5.41, 5.74) is 3.83. The Labute approximate surface area is 157 Å². The largest absolute Gasteiger partial charge is 0.334 e. The molecule has 0 saturated carbocycles. The Hall–Kier alpha value is -3.28. The molecule has 6 heteroatoms. The third kappa shape index (κ3) is 3.79. The second-order valence-electron chi connectivity index (χ2n) is 6.49. The first-order valence-electron chi connectivity index (χ1n) is 9.07. The number of rotatable bonds is 6. The zero-order valence-electron chi connectivity index (χ0n) is 15.3. The van der Waals surface area contributed by atoms with Gasteiger partial charge in [0, 0.05) is 23.1 Å². The first-order valence-corrected chi connectivity index (χ1v) is 9.07. The summed E-state index contributed by atoms with van der Waals surface area (Å²) in [5, 5.41) is 8.10. The zero-order chi connectivity index (χ0) is 18.6. The molecule has 0 atom stereocenters. The van der Waals surface area contributed by atoms with Crippen LogP contribution in [0.5, 0.6) is 0 Å². The maximum absolute atomic E-state index is 5.42. The molecule has 0 unspecified atom stereocenters. The molecular formula is C21H20N4O2. The lowest BCUT2D eigenvalue weighted by Crippen LogP contribution is -1.87. The molecule has 2 aromatic carbocycles. The topological polar surface area (TPSA) is 77.8 Å². The second kappa shape index (κ2) is 7.53. The van der Waals surface area contributed by atoms with E-state index in [-0.39, 0.29) is 0 Å². The van der Waals surface area contributed by atoms with Crippen LogP contribution < -0.4 is 0 Å². The predicted octanol–water partition coefficient (Wildman–Crippen LogP) is 5.10. The highest BCUT2D eigenvalue weighted by Crippen LogP contribution is 2.25. The monoisotopic (exact) mass is 360 g/mol. The van der Waals surface area contributed by atoms with Gasteiger partial charge in [0.25, 0.3) is 11.8 Å². The van der Waals surface area contributed by atoms with E-state index in [2.05, 4.69) is 27.2 Å². The van der Waals surface area contributed by atoms with E-state index >= 15 is 0 Å². The molecule has 2 aromatic heterocycles. The highest BCUT2D eigenvalue weighted by molar-refractivity contribution is 5.63. The van der Waals surface area contributed by atoms with Crippen molar-refractivity contribution in [3.8, 4) is 34.3 Å². The number of aryl methyl sites for hydroxylation is 2. The summed E-state index contributed by atoms with van der Waals surface area (Å²) in [6, 6.07) is 15.7. The fraction of sp³-hybridized carbons (Fsp3) is 0.238. The van der Waals surface area contributed by atoms with Gasteiger partial charge in [-0.3, -0.25) is 0 Å². The van der Waals surface area contributed by atoms with Gasteiger partial charge >= 0.3 is 0 Å². The average Bonchev–Trinajstić information content (AvgIpc) is 3.37. The SMILES string of the molecule is CCCCc1noc(-c2ccc(-c3nc(-c4ccc(C)cc4)no3)cc2)n1. The molecule has 0 aliphatic carbocycles. The van der Waals surface area contributed by atoms with Gasteiger partial charge in [-0.2, -0.15) is 9.97 Å². The minimum Gasteiger partial charge on any atom is -0.334 e. The molecule has 0 saturated heterocycles. The molecule has 2 heterocycles. The van der Waals surface area contributed by atoms with Crippen molar-refractivity contribution in [2.24, 2.45) is 0 Å². The summed E-state index contributed by atoms with van der Waals surface area (Å²) in [5.74, 6) is 2.33. The first-order chi connectivity index (χ1) is 13.2. The Balaban J connectivity index is 1.52. The van der Waals surface area contributed by atoms with Gasteiger partial charge in [0.15, 0.2) is 5.82 Å². The Bertz CT molecular complexity index is 1020. The zero-order valence-corrected chi connectivity index (χ0v) is 15.3. The molecule has 0 fully saturated rings. The molecule has 27 heavy (non-hydrogen) atoms. The van der Waals surface area contributed by atoms with E-state index in [9.17, 15) is 0 Å². The molecule has 4 aromatic rings. The highest BCUT2D eigenvalue weighted by atomic mass is 16.5. The Morgan fingerprint density at radius 2 is 1.33 bits per heavy atom. The molecule has 0 N–H and O–H groups in total. The predicted molar refractivity (Wildman–Crippen MR) is 102 cm³/mol. The Morgan fingerprint density at radius 1 is 0.741 bits per heavy atom. The minimum absolute atomic E-state index is 0.478. The first kappa shape index (κ1) is 17.1. The summed E-state index contributed by atoms with van der Waals surface area (Å²) >= 11 is 0. The Morgan fingerprint density at radius 3 is 2.00 bits per heavy atom. The molecule has 0 bridgehead atoms. The van der Waals surface area contributed by atoms with Gasteiger partial charge in [0.05, 0.1) is 0 Å². The van der Waals surface area contributed by atoms with E-state index in [1.807, 2.05) is 55.5 Å². The van der Waals surface area contributed by atoms with Gasteiger partial charge in [0.1, 0.15) is 0 Å². The van der Waals surface area contributed by atoms with Gasteiger partial charge < -0.3 is 9.05 Å². The van der Waals surface area contributed by atoms with E-state index < -0.39 is 0 Å². The fourth-order valence-corrected chi connectivity index (χ4v) is 2.72. The molecule has 0 amide bonds. The van der Waals surface area contributed by atoms with Crippen LogP contribution in [-0.2, 0) is 6.42 Å². The van der Waals surface area contributed by atoms with Crippen LogP contribution in [0.25, 0.3) is 34.3 Å². The molecule has 6 nitrogen and oxygen atoms in total. The highest BCUT2D eigenvalue weighted by Gasteiger charge is 2.12. The number of hydrogen-bond acceptors (Lipinski definition) is 6. The molecule has 0 radical (unpaired) electrons. The molecule has 0 aliphatic heterocycles. The van der Waals surface area contributed by atoms with Gasteiger partial charge in [-0.05, 0) is 37.6 Å². The third-order valence-corrected chi connectivity index (χ3v) is 4.34. The van der Waals surface area contributed by atoms with Crippen molar-refractivity contribution in [1.82, 2.24) is 20.3 Å². The summed E-state index contributed by atoms with van der Waals surface area (Å²) in [7, 11) is 0. The van der Waals surface area contributed by atoms with Crippen LogP contribution in [0, 0.1) is 6.92 Å². The number of aromatic nitrogens is 4. The second-order valence-corrected chi connectivity index (χ2v) is 6.49. The van der Waals surface area contributed by atoms with Crippen LogP contribution in [-0.4, -0.2) is 20.3 Å². The van der Waals surface area contributed by atoms with E-state index in [1.165, 1.54) is 5.56 Å². The third-order valence-electron chi connectivity index (χ3n) is 4.34.